The number of hydrogen-bond donors (Lipinski definition) is 1. The van der Waals surface area contributed by atoms with Gasteiger partial charge in [0, 0.05) is 5.69 Å². The van der Waals surface area contributed by atoms with E-state index in [1.807, 2.05) is 36.4 Å². The molecule has 0 radical (unpaired) electrons. The maximum atomic E-state index is 12.8. The molecule has 27 heavy (non-hydrogen) atoms. The van der Waals surface area contributed by atoms with Crippen LogP contribution in [0.15, 0.2) is 48.5 Å². The van der Waals surface area contributed by atoms with Crippen LogP contribution in [0.25, 0.3) is 0 Å². The molecular formula is C21H19ClN2O3. The third kappa shape index (κ3) is 4.12. The van der Waals surface area contributed by atoms with Gasteiger partial charge in [-0.1, -0.05) is 54.8 Å². The summed E-state index contributed by atoms with van der Waals surface area (Å²) in [5.74, 6) is -0.815. The van der Waals surface area contributed by atoms with Gasteiger partial charge in [-0.05, 0) is 36.6 Å². The maximum absolute atomic E-state index is 12.8. The largest absolute Gasteiger partial charge is 0.455 e. The summed E-state index contributed by atoms with van der Waals surface area (Å²) in [5, 5.41) is 11.8. The van der Waals surface area contributed by atoms with Crippen molar-refractivity contribution in [3.63, 3.8) is 0 Å². The second-order valence-corrected chi connectivity index (χ2v) is 6.99. The fourth-order valence-electron chi connectivity index (χ4n) is 3.50. The number of carbonyl (C=O) groups excluding carboxylic acids is 2. The summed E-state index contributed by atoms with van der Waals surface area (Å²) in [6, 6.07) is 16.1. The number of benzene rings is 2. The van der Waals surface area contributed by atoms with E-state index in [1.165, 1.54) is 12.1 Å². The summed E-state index contributed by atoms with van der Waals surface area (Å²) in [6.45, 7) is -0.370. The number of rotatable bonds is 5. The Balaban J connectivity index is 1.63. The van der Waals surface area contributed by atoms with Crippen molar-refractivity contribution >= 4 is 29.2 Å². The standard InChI is InChI=1S/C21H19ClN2O3/c22-18-12-17(9-8-15(18)13-23)24-19(25)14-27-20(26)21(10-4-5-11-21)16-6-2-1-3-7-16/h1-3,6-9,12H,4-5,10-11,14H2,(H,24,25). The number of nitriles is 1. The number of anilines is 1. The van der Waals surface area contributed by atoms with Crippen molar-refractivity contribution in [1.29, 1.82) is 5.26 Å². The van der Waals surface area contributed by atoms with E-state index in [9.17, 15) is 9.59 Å². The number of nitrogens with one attached hydrogen (secondary N) is 1. The van der Waals surface area contributed by atoms with Gasteiger partial charge < -0.3 is 10.1 Å². The number of nitrogens with zero attached hydrogens (tertiary/aromatic N) is 1. The van der Waals surface area contributed by atoms with Crippen molar-refractivity contribution in [3.8, 4) is 6.07 Å². The second-order valence-electron chi connectivity index (χ2n) is 6.59. The minimum absolute atomic E-state index is 0.251. The van der Waals surface area contributed by atoms with Crippen LogP contribution in [0.4, 0.5) is 5.69 Å². The first kappa shape index (κ1) is 18.9. The van der Waals surface area contributed by atoms with E-state index >= 15 is 0 Å². The van der Waals surface area contributed by atoms with Crippen LogP contribution in [-0.4, -0.2) is 18.5 Å². The average molecular weight is 383 g/mol. The second kappa shape index (κ2) is 8.24. The molecule has 2 aromatic carbocycles. The molecule has 0 bridgehead atoms. The molecule has 6 heteroatoms. The Hall–Kier alpha value is -2.84. The molecule has 2 aromatic rings. The average Bonchev–Trinajstić information content (AvgIpc) is 3.18. The van der Waals surface area contributed by atoms with Gasteiger partial charge in [0.05, 0.1) is 16.0 Å². The summed E-state index contributed by atoms with van der Waals surface area (Å²) in [7, 11) is 0. The van der Waals surface area contributed by atoms with Gasteiger partial charge in [0.1, 0.15) is 6.07 Å². The molecular weight excluding hydrogens is 364 g/mol. The van der Waals surface area contributed by atoms with E-state index < -0.39 is 11.3 Å². The summed E-state index contributed by atoms with van der Waals surface area (Å²) in [4.78, 5) is 24.9. The number of hydrogen-bond acceptors (Lipinski definition) is 4. The van der Waals surface area contributed by atoms with Crippen LogP contribution >= 0.6 is 11.6 Å². The lowest BCUT2D eigenvalue weighted by atomic mass is 9.79. The van der Waals surface area contributed by atoms with Crippen molar-refractivity contribution in [2.24, 2.45) is 0 Å². The Kier molecular flexibility index (Phi) is 5.78. The van der Waals surface area contributed by atoms with Gasteiger partial charge in [0.25, 0.3) is 5.91 Å². The van der Waals surface area contributed by atoms with Crippen molar-refractivity contribution in [1.82, 2.24) is 0 Å². The van der Waals surface area contributed by atoms with Gasteiger partial charge in [-0.15, -0.1) is 0 Å². The number of amides is 1. The van der Waals surface area contributed by atoms with Crippen LogP contribution in [0.1, 0.15) is 36.8 Å². The SMILES string of the molecule is N#Cc1ccc(NC(=O)COC(=O)C2(c3ccccc3)CCCC2)cc1Cl. The van der Waals surface area contributed by atoms with Gasteiger partial charge in [0.2, 0.25) is 0 Å². The van der Waals surface area contributed by atoms with Crippen molar-refractivity contribution in [3.05, 3.63) is 64.7 Å². The van der Waals surface area contributed by atoms with Crippen LogP contribution in [0.3, 0.4) is 0 Å². The van der Waals surface area contributed by atoms with Crippen LogP contribution in [0.2, 0.25) is 5.02 Å². The van der Waals surface area contributed by atoms with Crippen LogP contribution in [-0.2, 0) is 19.7 Å². The first-order valence-electron chi connectivity index (χ1n) is 8.77. The highest BCUT2D eigenvalue weighted by molar-refractivity contribution is 6.32. The van der Waals surface area contributed by atoms with E-state index in [0.29, 0.717) is 11.3 Å². The zero-order valence-electron chi connectivity index (χ0n) is 14.7. The molecule has 1 aliphatic carbocycles. The summed E-state index contributed by atoms with van der Waals surface area (Å²) in [6.07, 6.45) is 3.37. The lowest BCUT2D eigenvalue weighted by Gasteiger charge is -2.27. The third-order valence-electron chi connectivity index (χ3n) is 4.88. The Morgan fingerprint density at radius 3 is 2.48 bits per heavy atom. The van der Waals surface area contributed by atoms with Crippen LogP contribution in [0.5, 0.6) is 0 Å². The third-order valence-corrected chi connectivity index (χ3v) is 5.19. The molecule has 1 aliphatic rings. The summed E-state index contributed by atoms with van der Waals surface area (Å²) < 4.78 is 5.36. The minimum atomic E-state index is -0.667. The zero-order chi connectivity index (χ0) is 19.3. The molecule has 0 unspecified atom stereocenters. The Morgan fingerprint density at radius 2 is 1.85 bits per heavy atom. The van der Waals surface area contributed by atoms with E-state index in [2.05, 4.69) is 5.32 Å². The quantitative estimate of drug-likeness (QED) is 0.786. The molecule has 0 atom stereocenters. The molecule has 0 heterocycles. The zero-order valence-corrected chi connectivity index (χ0v) is 15.5. The lowest BCUT2D eigenvalue weighted by Crippen LogP contribution is -2.36. The molecule has 5 nitrogen and oxygen atoms in total. The van der Waals surface area contributed by atoms with E-state index in [4.69, 9.17) is 21.6 Å². The topological polar surface area (TPSA) is 79.2 Å². The number of halogens is 1. The van der Waals surface area contributed by atoms with E-state index in [0.717, 1.165) is 31.2 Å². The minimum Gasteiger partial charge on any atom is -0.455 e. The first-order valence-corrected chi connectivity index (χ1v) is 9.15. The Morgan fingerprint density at radius 1 is 1.15 bits per heavy atom. The molecule has 1 fully saturated rings. The maximum Gasteiger partial charge on any atom is 0.317 e. The molecule has 0 aliphatic heterocycles. The molecule has 1 N–H and O–H groups in total. The van der Waals surface area contributed by atoms with Crippen molar-refractivity contribution in [2.75, 3.05) is 11.9 Å². The van der Waals surface area contributed by atoms with Crippen molar-refractivity contribution in [2.45, 2.75) is 31.1 Å². The summed E-state index contributed by atoms with van der Waals surface area (Å²) in [5.41, 5.74) is 1.04. The Labute approximate surface area is 162 Å². The molecule has 3 rings (SSSR count). The Bertz CT molecular complexity index is 884. The van der Waals surface area contributed by atoms with Gasteiger partial charge in [-0.2, -0.15) is 5.26 Å². The molecule has 0 aromatic heterocycles. The molecule has 1 amide bonds. The summed E-state index contributed by atoms with van der Waals surface area (Å²) >= 11 is 5.95. The fourth-order valence-corrected chi connectivity index (χ4v) is 3.72. The number of ether oxygens (including phenoxy) is 1. The predicted octanol–water partition coefficient (Wildman–Crippen LogP) is 4.21. The van der Waals surface area contributed by atoms with Crippen LogP contribution in [0, 0.1) is 11.3 Å². The first-order chi connectivity index (χ1) is 13.0. The van der Waals surface area contributed by atoms with Crippen molar-refractivity contribution < 1.29 is 14.3 Å². The van der Waals surface area contributed by atoms with E-state index in [-0.39, 0.29) is 17.6 Å². The lowest BCUT2D eigenvalue weighted by molar-refractivity contribution is -0.153. The van der Waals surface area contributed by atoms with Gasteiger partial charge in [-0.25, -0.2) is 0 Å². The van der Waals surface area contributed by atoms with E-state index in [1.54, 1.807) is 6.07 Å². The molecule has 0 spiro atoms. The molecule has 0 saturated heterocycles. The van der Waals surface area contributed by atoms with Gasteiger partial charge >= 0.3 is 5.97 Å². The molecule has 138 valence electrons. The number of carbonyl (C=O) groups is 2. The highest BCUT2D eigenvalue weighted by atomic mass is 35.5. The fraction of sp³-hybridized carbons (Fsp3) is 0.286. The van der Waals surface area contributed by atoms with Gasteiger partial charge in [0.15, 0.2) is 6.61 Å². The van der Waals surface area contributed by atoms with Gasteiger partial charge in [-0.3, -0.25) is 9.59 Å². The normalized spacial score (nSPS) is 15.0. The highest BCUT2D eigenvalue weighted by Gasteiger charge is 2.44. The van der Waals surface area contributed by atoms with Crippen LogP contribution < -0.4 is 5.32 Å². The monoisotopic (exact) mass is 382 g/mol. The smallest absolute Gasteiger partial charge is 0.317 e. The number of esters is 1. The predicted molar refractivity (Wildman–Crippen MR) is 102 cm³/mol. The molecule has 1 saturated carbocycles. The highest BCUT2D eigenvalue weighted by Crippen LogP contribution is 2.42.